The molecule has 3 aliphatic heterocycles. The first-order chi connectivity index (χ1) is 13.2. The quantitative estimate of drug-likeness (QED) is 0.788. The van der Waals surface area contributed by atoms with E-state index in [0.29, 0.717) is 19.5 Å². The van der Waals surface area contributed by atoms with Gasteiger partial charge < -0.3 is 14.5 Å². The van der Waals surface area contributed by atoms with Crippen LogP contribution in [0, 0.1) is 5.92 Å². The van der Waals surface area contributed by atoms with E-state index in [4.69, 9.17) is 4.74 Å². The molecule has 2 atom stereocenters. The summed E-state index contributed by atoms with van der Waals surface area (Å²) < 4.78 is 5.37. The maximum atomic E-state index is 13.1. The fourth-order valence-corrected chi connectivity index (χ4v) is 4.53. The lowest BCUT2D eigenvalue weighted by Gasteiger charge is -2.29. The average molecular weight is 371 g/mol. The van der Waals surface area contributed by atoms with E-state index in [1.54, 1.807) is 0 Å². The summed E-state index contributed by atoms with van der Waals surface area (Å²) in [6.07, 6.45) is 2.41. The number of hydrogen-bond acceptors (Lipinski definition) is 4. The summed E-state index contributed by atoms with van der Waals surface area (Å²) in [6, 6.07) is 10.4. The molecule has 0 aromatic heterocycles. The van der Waals surface area contributed by atoms with Gasteiger partial charge in [-0.25, -0.2) is 0 Å². The van der Waals surface area contributed by atoms with Crippen LogP contribution in [0.5, 0.6) is 0 Å². The van der Waals surface area contributed by atoms with Crippen molar-refractivity contribution in [3.8, 4) is 0 Å². The van der Waals surface area contributed by atoms with Gasteiger partial charge in [0.1, 0.15) is 0 Å². The molecule has 3 aliphatic rings. The zero-order valence-electron chi connectivity index (χ0n) is 15.9. The number of hydrogen-bond donors (Lipinski definition) is 0. The third-order valence-electron chi connectivity index (χ3n) is 6.07. The van der Waals surface area contributed by atoms with Crippen molar-refractivity contribution in [1.29, 1.82) is 0 Å². The number of rotatable bonds is 5. The highest BCUT2D eigenvalue weighted by Gasteiger charge is 2.40. The van der Waals surface area contributed by atoms with E-state index >= 15 is 0 Å². The number of likely N-dealkylation sites (tertiary alicyclic amines) is 2. The van der Waals surface area contributed by atoms with Gasteiger partial charge in [0, 0.05) is 45.7 Å². The van der Waals surface area contributed by atoms with E-state index < -0.39 is 0 Å². The van der Waals surface area contributed by atoms with Gasteiger partial charge in [-0.3, -0.25) is 14.5 Å². The largest absolute Gasteiger partial charge is 0.379 e. The van der Waals surface area contributed by atoms with E-state index in [1.165, 1.54) is 5.56 Å². The van der Waals surface area contributed by atoms with Gasteiger partial charge >= 0.3 is 0 Å². The lowest BCUT2D eigenvalue weighted by atomic mass is 10.0. The SMILES string of the molecule is O=C1CC(C(=O)N2CCCC2c2ccccc2)CN1CCN1CCOCC1. The molecule has 0 N–H and O–H groups in total. The van der Waals surface area contributed by atoms with Crippen LogP contribution in [0.3, 0.4) is 0 Å². The summed E-state index contributed by atoms with van der Waals surface area (Å²) >= 11 is 0. The van der Waals surface area contributed by atoms with Crippen molar-refractivity contribution in [3.63, 3.8) is 0 Å². The fourth-order valence-electron chi connectivity index (χ4n) is 4.53. The van der Waals surface area contributed by atoms with Crippen LogP contribution < -0.4 is 0 Å². The van der Waals surface area contributed by atoms with Crippen molar-refractivity contribution in [2.45, 2.75) is 25.3 Å². The predicted octanol–water partition coefficient (Wildman–Crippen LogP) is 1.53. The molecule has 0 radical (unpaired) electrons. The summed E-state index contributed by atoms with van der Waals surface area (Å²) in [4.78, 5) is 31.8. The topological polar surface area (TPSA) is 53.1 Å². The first-order valence-corrected chi connectivity index (χ1v) is 10.2. The molecular formula is C21H29N3O3. The van der Waals surface area contributed by atoms with Crippen molar-refractivity contribution < 1.29 is 14.3 Å². The molecule has 4 rings (SSSR count). The Hall–Kier alpha value is -1.92. The summed E-state index contributed by atoms with van der Waals surface area (Å²) in [5.41, 5.74) is 1.21. The normalized spacial score (nSPS) is 26.7. The van der Waals surface area contributed by atoms with Gasteiger partial charge in [-0.2, -0.15) is 0 Å². The minimum atomic E-state index is -0.188. The maximum Gasteiger partial charge on any atom is 0.228 e. The molecular weight excluding hydrogens is 342 g/mol. The molecule has 2 amide bonds. The molecule has 0 bridgehead atoms. The molecule has 1 aromatic carbocycles. The van der Waals surface area contributed by atoms with Crippen molar-refractivity contribution in [2.24, 2.45) is 5.92 Å². The van der Waals surface area contributed by atoms with E-state index in [-0.39, 0.29) is 23.8 Å². The van der Waals surface area contributed by atoms with Gasteiger partial charge in [-0.1, -0.05) is 30.3 Å². The molecule has 3 saturated heterocycles. The number of morpholine rings is 1. The third-order valence-corrected chi connectivity index (χ3v) is 6.07. The smallest absolute Gasteiger partial charge is 0.228 e. The number of benzene rings is 1. The second-order valence-corrected chi connectivity index (χ2v) is 7.80. The fraction of sp³-hybridized carbons (Fsp3) is 0.619. The Bertz CT molecular complexity index is 660. The highest BCUT2D eigenvalue weighted by molar-refractivity contribution is 5.89. The molecule has 6 heteroatoms. The summed E-state index contributed by atoms with van der Waals surface area (Å²) in [5, 5.41) is 0. The third kappa shape index (κ3) is 4.17. The van der Waals surface area contributed by atoms with Crippen LogP contribution in [0.1, 0.15) is 30.9 Å². The van der Waals surface area contributed by atoms with Crippen LogP contribution in [0.2, 0.25) is 0 Å². The Morgan fingerprint density at radius 1 is 1.07 bits per heavy atom. The first kappa shape index (κ1) is 18.4. The van der Waals surface area contributed by atoms with Crippen LogP contribution >= 0.6 is 0 Å². The molecule has 0 aliphatic carbocycles. The molecule has 146 valence electrons. The zero-order valence-corrected chi connectivity index (χ0v) is 15.9. The Kier molecular flexibility index (Phi) is 5.74. The van der Waals surface area contributed by atoms with E-state index in [2.05, 4.69) is 17.0 Å². The summed E-state index contributed by atoms with van der Waals surface area (Å²) in [6.45, 7) is 6.34. The summed E-state index contributed by atoms with van der Waals surface area (Å²) in [7, 11) is 0. The first-order valence-electron chi connectivity index (χ1n) is 10.2. The lowest BCUT2D eigenvalue weighted by Crippen LogP contribution is -2.42. The van der Waals surface area contributed by atoms with Gasteiger partial charge in [0.2, 0.25) is 11.8 Å². The number of carbonyl (C=O) groups is 2. The highest BCUT2D eigenvalue weighted by atomic mass is 16.5. The van der Waals surface area contributed by atoms with E-state index in [9.17, 15) is 9.59 Å². The summed E-state index contributed by atoms with van der Waals surface area (Å²) in [5.74, 6) is 0.0899. The molecule has 27 heavy (non-hydrogen) atoms. The van der Waals surface area contributed by atoms with E-state index in [0.717, 1.165) is 52.2 Å². The number of ether oxygens (including phenoxy) is 1. The van der Waals surface area contributed by atoms with Crippen LogP contribution in [0.15, 0.2) is 30.3 Å². The number of carbonyl (C=O) groups excluding carboxylic acids is 2. The average Bonchev–Trinajstić information content (AvgIpc) is 3.34. The number of nitrogens with zero attached hydrogens (tertiary/aromatic N) is 3. The standard InChI is InChI=1S/C21H29N3O3/c25-20-15-18(16-23(20)10-9-22-11-13-27-14-12-22)21(26)24-8-4-7-19(24)17-5-2-1-3-6-17/h1-3,5-6,18-19H,4,7-16H2. The van der Waals surface area contributed by atoms with Crippen LogP contribution in [-0.4, -0.2) is 79.0 Å². The Morgan fingerprint density at radius 2 is 1.85 bits per heavy atom. The predicted molar refractivity (Wildman–Crippen MR) is 102 cm³/mol. The molecule has 0 spiro atoms. The Balaban J connectivity index is 1.34. The minimum absolute atomic E-state index is 0.122. The second-order valence-electron chi connectivity index (χ2n) is 7.80. The van der Waals surface area contributed by atoms with Crippen molar-refractivity contribution >= 4 is 11.8 Å². The van der Waals surface area contributed by atoms with Crippen molar-refractivity contribution in [3.05, 3.63) is 35.9 Å². The van der Waals surface area contributed by atoms with Gasteiger partial charge in [0.15, 0.2) is 0 Å². The van der Waals surface area contributed by atoms with Crippen LogP contribution in [0.4, 0.5) is 0 Å². The molecule has 1 aromatic rings. The Labute approximate surface area is 161 Å². The monoisotopic (exact) mass is 371 g/mol. The lowest BCUT2D eigenvalue weighted by molar-refractivity contribution is -0.136. The zero-order chi connectivity index (χ0) is 18.6. The molecule has 2 unspecified atom stereocenters. The minimum Gasteiger partial charge on any atom is -0.379 e. The van der Waals surface area contributed by atoms with Crippen LogP contribution in [-0.2, 0) is 14.3 Å². The van der Waals surface area contributed by atoms with Gasteiger partial charge in [0.25, 0.3) is 0 Å². The van der Waals surface area contributed by atoms with E-state index in [1.807, 2.05) is 28.0 Å². The molecule has 3 fully saturated rings. The van der Waals surface area contributed by atoms with Crippen LogP contribution in [0.25, 0.3) is 0 Å². The maximum absolute atomic E-state index is 13.1. The number of amides is 2. The molecule has 0 saturated carbocycles. The van der Waals surface area contributed by atoms with Gasteiger partial charge in [0.05, 0.1) is 25.2 Å². The highest BCUT2D eigenvalue weighted by Crippen LogP contribution is 2.34. The van der Waals surface area contributed by atoms with Gasteiger partial charge in [-0.05, 0) is 18.4 Å². The second kappa shape index (κ2) is 8.40. The Morgan fingerprint density at radius 3 is 2.63 bits per heavy atom. The van der Waals surface area contributed by atoms with Crippen molar-refractivity contribution in [2.75, 3.05) is 52.5 Å². The molecule has 3 heterocycles. The van der Waals surface area contributed by atoms with Crippen molar-refractivity contribution in [1.82, 2.24) is 14.7 Å². The van der Waals surface area contributed by atoms with Gasteiger partial charge in [-0.15, -0.1) is 0 Å². The molecule has 6 nitrogen and oxygen atoms in total.